The van der Waals surface area contributed by atoms with Crippen molar-refractivity contribution in [3.05, 3.63) is 71.2 Å². The Labute approximate surface area is 154 Å². The number of carbonyl (C=O) groups is 2. The maximum Gasteiger partial charge on any atom is 0.261 e. The van der Waals surface area contributed by atoms with E-state index < -0.39 is 6.04 Å². The number of hydrogen-bond donors (Lipinski definition) is 2. The fourth-order valence-corrected chi connectivity index (χ4v) is 2.77. The summed E-state index contributed by atoms with van der Waals surface area (Å²) in [7, 11) is 0. The highest BCUT2D eigenvalue weighted by Crippen LogP contribution is 2.22. The average molecular weight is 367 g/mol. The van der Waals surface area contributed by atoms with Gasteiger partial charge in [0.2, 0.25) is 5.91 Å². The third kappa shape index (κ3) is 4.67. The highest BCUT2D eigenvalue weighted by molar-refractivity contribution is 7.12. The minimum atomic E-state index is -0.655. The Kier molecular flexibility index (Phi) is 5.60. The molecule has 26 heavy (non-hydrogen) atoms. The second-order valence-electron chi connectivity index (χ2n) is 5.47. The molecule has 0 aliphatic heterocycles. The summed E-state index contributed by atoms with van der Waals surface area (Å²) in [6, 6.07) is 13.4. The van der Waals surface area contributed by atoms with Gasteiger partial charge in [-0.15, -0.1) is 11.3 Å². The van der Waals surface area contributed by atoms with Crippen molar-refractivity contribution >= 4 is 28.8 Å². The Bertz CT molecular complexity index is 865. The topological polar surface area (TPSA) is 80.3 Å². The number of amides is 2. The Morgan fingerprint density at radius 1 is 1.04 bits per heavy atom. The predicted octanol–water partition coefficient (Wildman–Crippen LogP) is 3.69. The van der Waals surface area contributed by atoms with E-state index in [1.807, 2.05) is 5.38 Å². The number of rotatable bonds is 6. The monoisotopic (exact) mass is 367 g/mol. The average Bonchev–Trinajstić information content (AvgIpc) is 3.19. The van der Waals surface area contributed by atoms with Gasteiger partial charge in [-0.25, -0.2) is 0 Å². The SMILES string of the molecule is C[C@H](NC(=O)c1cccs1)C(=O)Nc1ccc(Oc2ccncc2)cc1. The molecule has 0 radical (unpaired) electrons. The van der Waals surface area contributed by atoms with Crippen LogP contribution in [-0.2, 0) is 4.79 Å². The van der Waals surface area contributed by atoms with Crippen molar-refractivity contribution < 1.29 is 14.3 Å². The first-order valence-electron chi connectivity index (χ1n) is 7.95. The first-order chi connectivity index (χ1) is 12.6. The van der Waals surface area contributed by atoms with Gasteiger partial charge in [0.1, 0.15) is 17.5 Å². The molecule has 0 unspecified atom stereocenters. The third-order valence-electron chi connectivity index (χ3n) is 3.49. The Balaban J connectivity index is 1.54. The predicted molar refractivity (Wildman–Crippen MR) is 101 cm³/mol. The van der Waals surface area contributed by atoms with Crippen molar-refractivity contribution in [2.24, 2.45) is 0 Å². The molecule has 132 valence electrons. The summed E-state index contributed by atoms with van der Waals surface area (Å²) < 4.78 is 5.67. The van der Waals surface area contributed by atoms with E-state index >= 15 is 0 Å². The van der Waals surface area contributed by atoms with Gasteiger partial charge in [-0.3, -0.25) is 14.6 Å². The first-order valence-corrected chi connectivity index (χ1v) is 8.83. The van der Waals surface area contributed by atoms with Gasteiger partial charge < -0.3 is 15.4 Å². The van der Waals surface area contributed by atoms with E-state index in [0.29, 0.717) is 22.1 Å². The molecule has 2 aromatic heterocycles. The van der Waals surface area contributed by atoms with Gasteiger partial charge >= 0.3 is 0 Å². The van der Waals surface area contributed by atoms with E-state index in [-0.39, 0.29) is 11.8 Å². The van der Waals surface area contributed by atoms with Crippen molar-refractivity contribution in [1.29, 1.82) is 0 Å². The molecule has 0 aliphatic carbocycles. The number of thiophene rings is 1. The molecular formula is C19H17N3O3S. The van der Waals surface area contributed by atoms with Crippen LogP contribution in [0.3, 0.4) is 0 Å². The molecule has 0 fully saturated rings. The summed E-state index contributed by atoms with van der Waals surface area (Å²) in [5.41, 5.74) is 0.620. The summed E-state index contributed by atoms with van der Waals surface area (Å²) in [4.78, 5) is 28.7. The lowest BCUT2D eigenvalue weighted by atomic mass is 10.2. The van der Waals surface area contributed by atoms with E-state index in [4.69, 9.17) is 4.74 Å². The van der Waals surface area contributed by atoms with Crippen LogP contribution in [0.1, 0.15) is 16.6 Å². The van der Waals surface area contributed by atoms with Crippen molar-refractivity contribution in [2.45, 2.75) is 13.0 Å². The van der Waals surface area contributed by atoms with Gasteiger partial charge in [0, 0.05) is 18.1 Å². The molecule has 7 heteroatoms. The molecule has 0 bridgehead atoms. The number of carbonyl (C=O) groups excluding carboxylic acids is 2. The van der Waals surface area contributed by atoms with Gasteiger partial charge in [0.25, 0.3) is 5.91 Å². The third-order valence-corrected chi connectivity index (χ3v) is 4.36. The van der Waals surface area contributed by atoms with E-state index in [2.05, 4.69) is 15.6 Å². The minimum Gasteiger partial charge on any atom is -0.457 e. The second-order valence-corrected chi connectivity index (χ2v) is 6.42. The molecule has 0 spiro atoms. The molecule has 0 aliphatic rings. The lowest BCUT2D eigenvalue weighted by Crippen LogP contribution is -2.41. The Morgan fingerprint density at radius 3 is 2.38 bits per heavy atom. The van der Waals surface area contributed by atoms with Crippen LogP contribution in [0, 0.1) is 0 Å². The van der Waals surface area contributed by atoms with E-state index in [0.717, 1.165) is 0 Å². The van der Waals surface area contributed by atoms with Gasteiger partial charge in [-0.05, 0) is 54.8 Å². The molecular weight excluding hydrogens is 350 g/mol. The summed E-state index contributed by atoms with van der Waals surface area (Å²) in [5.74, 6) is 0.774. The van der Waals surface area contributed by atoms with Crippen molar-refractivity contribution in [3.8, 4) is 11.5 Å². The van der Waals surface area contributed by atoms with Crippen molar-refractivity contribution in [2.75, 3.05) is 5.32 Å². The zero-order chi connectivity index (χ0) is 18.4. The number of ether oxygens (including phenoxy) is 1. The molecule has 2 heterocycles. The molecule has 3 aromatic rings. The number of hydrogen-bond acceptors (Lipinski definition) is 5. The van der Waals surface area contributed by atoms with Crippen LogP contribution < -0.4 is 15.4 Å². The van der Waals surface area contributed by atoms with Gasteiger partial charge in [0.15, 0.2) is 0 Å². The van der Waals surface area contributed by atoms with Crippen LogP contribution >= 0.6 is 11.3 Å². The summed E-state index contributed by atoms with van der Waals surface area (Å²) in [6.07, 6.45) is 3.30. The summed E-state index contributed by atoms with van der Waals surface area (Å²) >= 11 is 1.33. The molecule has 2 amide bonds. The van der Waals surface area contributed by atoms with E-state index in [1.54, 1.807) is 67.8 Å². The molecule has 6 nitrogen and oxygen atoms in total. The fraction of sp³-hybridized carbons (Fsp3) is 0.105. The second kappa shape index (κ2) is 8.26. The molecule has 1 atom stereocenters. The van der Waals surface area contributed by atoms with Crippen LogP contribution in [0.5, 0.6) is 11.5 Å². The number of pyridine rings is 1. The lowest BCUT2D eigenvalue weighted by Gasteiger charge is -2.14. The molecule has 0 saturated carbocycles. The highest BCUT2D eigenvalue weighted by Gasteiger charge is 2.17. The van der Waals surface area contributed by atoms with Gasteiger partial charge in [-0.2, -0.15) is 0 Å². The molecule has 2 N–H and O–H groups in total. The maximum atomic E-state index is 12.2. The van der Waals surface area contributed by atoms with Crippen LogP contribution in [0.2, 0.25) is 0 Å². The standard InChI is InChI=1S/C19H17N3O3S/c1-13(21-19(24)17-3-2-12-26-17)18(23)22-14-4-6-15(7-5-14)25-16-8-10-20-11-9-16/h2-13H,1H3,(H,21,24)(H,22,23)/t13-/m0/s1. The molecule has 3 rings (SSSR count). The normalized spacial score (nSPS) is 11.4. The fourth-order valence-electron chi connectivity index (χ4n) is 2.14. The first kappa shape index (κ1) is 17.6. The summed E-state index contributed by atoms with van der Waals surface area (Å²) in [6.45, 7) is 1.64. The number of nitrogens with one attached hydrogen (secondary N) is 2. The largest absolute Gasteiger partial charge is 0.457 e. The van der Waals surface area contributed by atoms with Crippen LogP contribution in [-0.4, -0.2) is 22.8 Å². The van der Waals surface area contributed by atoms with Gasteiger partial charge in [0.05, 0.1) is 4.88 Å². The number of aromatic nitrogens is 1. The Hall–Kier alpha value is -3.19. The zero-order valence-electron chi connectivity index (χ0n) is 14.0. The maximum absolute atomic E-state index is 12.2. The van der Waals surface area contributed by atoms with Crippen molar-refractivity contribution in [3.63, 3.8) is 0 Å². The number of anilines is 1. The molecule has 1 aromatic carbocycles. The smallest absolute Gasteiger partial charge is 0.261 e. The lowest BCUT2D eigenvalue weighted by molar-refractivity contribution is -0.117. The number of nitrogens with zero attached hydrogens (tertiary/aromatic N) is 1. The van der Waals surface area contributed by atoms with E-state index in [1.165, 1.54) is 11.3 Å². The zero-order valence-corrected chi connectivity index (χ0v) is 14.8. The number of benzene rings is 1. The van der Waals surface area contributed by atoms with Crippen LogP contribution in [0.15, 0.2) is 66.3 Å². The van der Waals surface area contributed by atoms with E-state index in [9.17, 15) is 9.59 Å². The van der Waals surface area contributed by atoms with Crippen LogP contribution in [0.25, 0.3) is 0 Å². The molecule has 0 saturated heterocycles. The van der Waals surface area contributed by atoms with Gasteiger partial charge in [-0.1, -0.05) is 6.07 Å². The quantitative estimate of drug-likeness (QED) is 0.696. The van der Waals surface area contributed by atoms with Crippen molar-refractivity contribution in [1.82, 2.24) is 10.3 Å². The van der Waals surface area contributed by atoms with Crippen LogP contribution in [0.4, 0.5) is 5.69 Å². The highest BCUT2D eigenvalue weighted by atomic mass is 32.1. The minimum absolute atomic E-state index is 0.260. The summed E-state index contributed by atoms with van der Waals surface area (Å²) in [5, 5.41) is 7.26. The Morgan fingerprint density at radius 2 is 1.73 bits per heavy atom.